The summed E-state index contributed by atoms with van der Waals surface area (Å²) in [5.41, 5.74) is 7.42. The number of benzene rings is 1. The molecule has 1 unspecified atom stereocenters. The molecule has 1 atom stereocenters. The number of nitrogens with one attached hydrogen (secondary N) is 1. The van der Waals surface area contributed by atoms with Gasteiger partial charge >= 0.3 is 0 Å². The molecular weight excluding hydrogens is 320 g/mol. The van der Waals surface area contributed by atoms with Gasteiger partial charge in [-0.15, -0.1) is 0 Å². The fraction of sp³-hybridized carbons (Fsp3) is 0.533. The number of carbonyl (C=O) groups excluding carboxylic acids is 1. The van der Waals surface area contributed by atoms with Gasteiger partial charge in [0.25, 0.3) is 0 Å². The molecule has 3 N–H and O–H groups in total. The van der Waals surface area contributed by atoms with Gasteiger partial charge in [0.15, 0.2) is 0 Å². The molecule has 0 bridgehead atoms. The Kier molecular flexibility index (Phi) is 3.98. The van der Waals surface area contributed by atoms with E-state index in [9.17, 15) is 4.79 Å². The smallest absolute Gasteiger partial charge is 0.245 e. The number of ether oxygens (including phenoxy) is 1. The van der Waals surface area contributed by atoms with Crippen LogP contribution in [0.15, 0.2) is 16.6 Å². The van der Waals surface area contributed by atoms with Crippen LogP contribution in [0, 0.1) is 5.92 Å². The summed E-state index contributed by atoms with van der Waals surface area (Å²) >= 11 is 3.50. The minimum atomic E-state index is -0.575. The predicted octanol–water partition coefficient (Wildman–Crippen LogP) is 3.36. The van der Waals surface area contributed by atoms with E-state index in [0.29, 0.717) is 5.92 Å². The van der Waals surface area contributed by atoms with Gasteiger partial charge in [-0.3, -0.25) is 4.79 Å². The molecule has 1 heterocycles. The van der Waals surface area contributed by atoms with Gasteiger partial charge in [-0.1, -0.05) is 19.3 Å². The predicted molar refractivity (Wildman–Crippen MR) is 81.8 cm³/mol. The molecule has 20 heavy (non-hydrogen) atoms. The number of hydrogen-bond donors (Lipinski definition) is 2. The van der Waals surface area contributed by atoms with Crippen LogP contribution in [-0.2, 0) is 4.79 Å². The molecule has 0 radical (unpaired) electrons. The van der Waals surface area contributed by atoms with E-state index in [-0.39, 0.29) is 5.91 Å². The van der Waals surface area contributed by atoms with Gasteiger partial charge in [0.1, 0.15) is 11.8 Å². The van der Waals surface area contributed by atoms with Crippen molar-refractivity contribution in [3.63, 3.8) is 0 Å². The molecular formula is C15H19BrN2O2. The Bertz CT molecular complexity index is 527. The quantitative estimate of drug-likeness (QED) is 0.888. The van der Waals surface area contributed by atoms with E-state index >= 15 is 0 Å². The highest BCUT2D eigenvalue weighted by atomic mass is 79.9. The Hall–Kier alpha value is -1.07. The molecule has 3 rings (SSSR count). The van der Waals surface area contributed by atoms with Crippen LogP contribution in [0.4, 0.5) is 5.69 Å². The average Bonchev–Trinajstić information content (AvgIpc) is 2.73. The van der Waals surface area contributed by atoms with Crippen LogP contribution < -0.4 is 15.8 Å². The van der Waals surface area contributed by atoms with Crippen molar-refractivity contribution in [3.8, 4) is 5.75 Å². The maximum absolute atomic E-state index is 11.6. The topological polar surface area (TPSA) is 64.4 Å². The third-order valence-corrected chi connectivity index (χ3v) is 4.80. The number of anilines is 1. The molecule has 1 aromatic carbocycles. The molecule has 1 aliphatic heterocycles. The van der Waals surface area contributed by atoms with Crippen molar-refractivity contribution < 1.29 is 9.53 Å². The maximum atomic E-state index is 11.6. The number of nitrogens with two attached hydrogens (primary N) is 1. The van der Waals surface area contributed by atoms with Crippen LogP contribution in [0.1, 0.15) is 43.7 Å². The summed E-state index contributed by atoms with van der Waals surface area (Å²) in [5, 5.41) is 2.79. The molecule has 1 amide bonds. The van der Waals surface area contributed by atoms with Crippen LogP contribution in [0.5, 0.6) is 5.75 Å². The lowest BCUT2D eigenvalue weighted by molar-refractivity contribution is -0.116. The summed E-state index contributed by atoms with van der Waals surface area (Å²) < 4.78 is 6.79. The van der Waals surface area contributed by atoms with E-state index < -0.39 is 6.04 Å². The largest absolute Gasteiger partial charge is 0.492 e. The first-order chi connectivity index (χ1) is 9.65. The lowest BCUT2D eigenvalue weighted by atomic mass is 9.90. The van der Waals surface area contributed by atoms with E-state index in [1.807, 2.05) is 12.1 Å². The highest BCUT2D eigenvalue weighted by Gasteiger charge is 2.28. The summed E-state index contributed by atoms with van der Waals surface area (Å²) in [4.78, 5) is 11.6. The number of halogens is 1. The first-order valence-corrected chi connectivity index (χ1v) is 7.97. The van der Waals surface area contributed by atoms with Crippen LogP contribution in [0.25, 0.3) is 0 Å². The summed E-state index contributed by atoms with van der Waals surface area (Å²) in [6.07, 6.45) is 6.48. The molecule has 4 nitrogen and oxygen atoms in total. The van der Waals surface area contributed by atoms with Gasteiger partial charge in [-0.25, -0.2) is 0 Å². The second-order valence-electron chi connectivity index (χ2n) is 5.65. The molecule has 108 valence electrons. The van der Waals surface area contributed by atoms with Crippen LogP contribution in [-0.4, -0.2) is 12.5 Å². The first kappa shape index (κ1) is 13.9. The van der Waals surface area contributed by atoms with Crippen molar-refractivity contribution in [1.29, 1.82) is 0 Å². The summed E-state index contributed by atoms with van der Waals surface area (Å²) in [7, 11) is 0. The van der Waals surface area contributed by atoms with Crippen molar-refractivity contribution >= 4 is 27.5 Å². The second-order valence-corrected chi connectivity index (χ2v) is 6.51. The molecule has 1 fully saturated rings. The van der Waals surface area contributed by atoms with E-state index in [1.54, 1.807) is 0 Å². The Morgan fingerprint density at radius 2 is 2.05 bits per heavy atom. The molecule has 1 aliphatic carbocycles. The fourth-order valence-electron chi connectivity index (χ4n) is 2.96. The Labute approximate surface area is 127 Å². The van der Waals surface area contributed by atoms with Crippen LogP contribution >= 0.6 is 15.9 Å². The summed E-state index contributed by atoms with van der Waals surface area (Å²) in [5.74, 6) is 1.28. The summed E-state index contributed by atoms with van der Waals surface area (Å²) in [6, 6.07) is 3.18. The molecule has 2 aliphatic rings. The zero-order valence-electron chi connectivity index (χ0n) is 11.3. The number of rotatable bonds is 3. The average molecular weight is 339 g/mol. The van der Waals surface area contributed by atoms with E-state index in [0.717, 1.165) is 28.1 Å². The van der Waals surface area contributed by atoms with Crippen molar-refractivity contribution in [1.82, 2.24) is 0 Å². The third kappa shape index (κ3) is 2.69. The normalized spacial score (nSPS) is 22.5. The zero-order valence-corrected chi connectivity index (χ0v) is 12.9. The van der Waals surface area contributed by atoms with Gasteiger partial charge in [0.05, 0.1) is 11.1 Å². The van der Waals surface area contributed by atoms with Gasteiger partial charge in [-0.2, -0.15) is 0 Å². The Morgan fingerprint density at radius 3 is 2.80 bits per heavy atom. The maximum Gasteiger partial charge on any atom is 0.245 e. The SMILES string of the molecule is NC1C(=O)Nc2cc(OCC3CCCCC3)c(Br)cc21. The van der Waals surface area contributed by atoms with Crippen LogP contribution in [0.3, 0.4) is 0 Å². The van der Waals surface area contributed by atoms with Gasteiger partial charge in [-0.05, 0) is 40.8 Å². The van der Waals surface area contributed by atoms with Crippen molar-refractivity contribution in [2.45, 2.75) is 38.1 Å². The van der Waals surface area contributed by atoms with E-state index in [2.05, 4.69) is 21.2 Å². The number of hydrogen-bond acceptors (Lipinski definition) is 3. The standard InChI is InChI=1S/C15H19BrN2O2/c16-11-6-10-12(18-15(19)14(10)17)7-13(11)20-8-9-4-2-1-3-5-9/h6-7,9,14H,1-5,8,17H2,(H,18,19). The fourth-order valence-corrected chi connectivity index (χ4v) is 3.43. The number of amides is 1. The van der Waals surface area contributed by atoms with Gasteiger partial charge in [0, 0.05) is 17.3 Å². The van der Waals surface area contributed by atoms with Gasteiger partial charge in [0.2, 0.25) is 5.91 Å². The molecule has 1 aromatic rings. The monoisotopic (exact) mass is 338 g/mol. The lowest BCUT2D eigenvalue weighted by Crippen LogP contribution is -2.19. The van der Waals surface area contributed by atoms with Crippen molar-refractivity contribution in [3.05, 3.63) is 22.2 Å². The second kappa shape index (κ2) is 5.74. The first-order valence-electron chi connectivity index (χ1n) is 7.18. The van der Waals surface area contributed by atoms with Crippen LogP contribution in [0.2, 0.25) is 0 Å². The molecule has 5 heteroatoms. The zero-order chi connectivity index (χ0) is 14.1. The Morgan fingerprint density at radius 1 is 1.30 bits per heavy atom. The number of fused-ring (bicyclic) bond motifs is 1. The minimum Gasteiger partial charge on any atom is -0.492 e. The molecule has 0 aromatic heterocycles. The van der Waals surface area contributed by atoms with Gasteiger partial charge < -0.3 is 15.8 Å². The highest BCUT2D eigenvalue weighted by Crippen LogP contribution is 2.38. The summed E-state index contributed by atoms with van der Waals surface area (Å²) in [6.45, 7) is 0.747. The number of carbonyl (C=O) groups is 1. The van der Waals surface area contributed by atoms with E-state index in [4.69, 9.17) is 10.5 Å². The molecule has 1 saturated carbocycles. The van der Waals surface area contributed by atoms with E-state index in [1.165, 1.54) is 32.1 Å². The Balaban J connectivity index is 1.71. The lowest BCUT2D eigenvalue weighted by Gasteiger charge is -2.22. The molecule has 0 saturated heterocycles. The minimum absolute atomic E-state index is 0.156. The molecule has 0 spiro atoms. The van der Waals surface area contributed by atoms with Crippen molar-refractivity contribution in [2.75, 3.05) is 11.9 Å². The third-order valence-electron chi connectivity index (χ3n) is 4.18. The van der Waals surface area contributed by atoms with Crippen molar-refractivity contribution in [2.24, 2.45) is 11.7 Å². The highest BCUT2D eigenvalue weighted by molar-refractivity contribution is 9.10.